The molecule has 0 bridgehead atoms. The summed E-state index contributed by atoms with van der Waals surface area (Å²) in [6.07, 6.45) is 0. The first kappa shape index (κ1) is 8.85. The highest BCUT2D eigenvalue weighted by atomic mass is 35.5. The maximum absolute atomic E-state index is 5.76. The molecule has 0 heterocycles. The van der Waals surface area contributed by atoms with Crippen LogP contribution in [0.4, 0.5) is 0 Å². The van der Waals surface area contributed by atoms with E-state index in [2.05, 4.69) is 0 Å². The van der Waals surface area contributed by atoms with Gasteiger partial charge in [0.05, 0.1) is 16.7 Å². The smallest absolute Gasteiger partial charge is 0.0713 e. The van der Waals surface area contributed by atoms with Gasteiger partial charge in [0.25, 0.3) is 0 Å². The number of benzene rings is 1. The minimum atomic E-state index is 0.566. The van der Waals surface area contributed by atoms with E-state index in [9.17, 15) is 0 Å². The largest absolute Gasteiger partial charge is 0.380 e. The van der Waals surface area contributed by atoms with E-state index in [0.717, 1.165) is 5.56 Å². The first-order valence-corrected chi connectivity index (χ1v) is 3.92. The molecule has 11 heavy (non-hydrogen) atoms. The Hall–Kier alpha value is -0.240. The predicted molar refractivity (Wildman–Crippen MR) is 47.2 cm³/mol. The lowest BCUT2D eigenvalue weighted by Gasteiger charge is -2.00. The van der Waals surface area contributed by atoms with Crippen molar-refractivity contribution in [3.05, 3.63) is 33.8 Å². The summed E-state index contributed by atoms with van der Waals surface area (Å²) in [6, 6.07) is 5.45. The van der Waals surface area contributed by atoms with Gasteiger partial charge in [0, 0.05) is 7.11 Å². The number of methoxy groups -OCH3 is 1. The van der Waals surface area contributed by atoms with Crippen molar-refractivity contribution < 1.29 is 4.74 Å². The molecule has 1 rings (SSSR count). The van der Waals surface area contributed by atoms with Gasteiger partial charge < -0.3 is 4.74 Å². The Morgan fingerprint density at radius 3 is 2.55 bits per heavy atom. The maximum Gasteiger partial charge on any atom is 0.0713 e. The van der Waals surface area contributed by atoms with E-state index < -0.39 is 0 Å². The fourth-order valence-electron chi connectivity index (χ4n) is 0.796. The van der Waals surface area contributed by atoms with Crippen molar-refractivity contribution in [2.24, 2.45) is 0 Å². The lowest BCUT2D eigenvalue weighted by Crippen LogP contribution is -1.86. The van der Waals surface area contributed by atoms with Crippen molar-refractivity contribution in [1.29, 1.82) is 0 Å². The van der Waals surface area contributed by atoms with Crippen LogP contribution in [0.2, 0.25) is 10.0 Å². The molecule has 0 aromatic heterocycles. The molecule has 1 aromatic carbocycles. The van der Waals surface area contributed by atoms with Gasteiger partial charge in [0.2, 0.25) is 0 Å². The molecule has 0 amide bonds. The zero-order chi connectivity index (χ0) is 8.27. The lowest BCUT2D eigenvalue weighted by atomic mass is 10.2. The Morgan fingerprint density at radius 2 is 2.00 bits per heavy atom. The van der Waals surface area contributed by atoms with Gasteiger partial charge in [0.1, 0.15) is 0 Å². The Kier molecular flexibility index (Phi) is 3.18. The molecule has 0 aliphatic carbocycles. The average molecular weight is 191 g/mol. The fourth-order valence-corrected chi connectivity index (χ4v) is 1.12. The SMILES string of the molecule is COCc1ccc(Cl)c(Cl)c1. The van der Waals surface area contributed by atoms with Gasteiger partial charge in [-0.05, 0) is 17.7 Å². The van der Waals surface area contributed by atoms with Gasteiger partial charge in [-0.1, -0.05) is 29.3 Å². The molecule has 0 fully saturated rings. The van der Waals surface area contributed by atoms with Gasteiger partial charge in [-0.25, -0.2) is 0 Å². The molecule has 0 saturated carbocycles. The molecular formula is C8H8Cl2O. The maximum atomic E-state index is 5.76. The number of hydrogen-bond donors (Lipinski definition) is 0. The van der Waals surface area contributed by atoms with E-state index in [0.29, 0.717) is 16.7 Å². The summed E-state index contributed by atoms with van der Waals surface area (Å²) >= 11 is 11.5. The third-order valence-corrected chi connectivity index (χ3v) is 2.03. The van der Waals surface area contributed by atoms with Crippen LogP contribution < -0.4 is 0 Å². The van der Waals surface area contributed by atoms with Crippen molar-refractivity contribution >= 4 is 23.2 Å². The third kappa shape index (κ3) is 2.37. The topological polar surface area (TPSA) is 9.23 Å². The van der Waals surface area contributed by atoms with Crippen LogP contribution in [0.15, 0.2) is 18.2 Å². The first-order chi connectivity index (χ1) is 5.24. The fraction of sp³-hybridized carbons (Fsp3) is 0.250. The normalized spacial score (nSPS) is 10.1. The van der Waals surface area contributed by atoms with E-state index in [1.165, 1.54) is 0 Å². The zero-order valence-corrected chi connectivity index (χ0v) is 7.62. The van der Waals surface area contributed by atoms with Crippen LogP contribution in [0, 0.1) is 0 Å². The molecule has 0 aliphatic rings. The average Bonchev–Trinajstić information content (AvgIpc) is 1.98. The van der Waals surface area contributed by atoms with Crippen molar-refractivity contribution in [3.8, 4) is 0 Å². The Balaban J connectivity index is 2.86. The Morgan fingerprint density at radius 1 is 1.27 bits per heavy atom. The molecule has 0 spiro atoms. The van der Waals surface area contributed by atoms with Crippen molar-refractivity contribution in [3.63, 3.8) is 0 Å². The van der Waals surface area contributed by atoms with Crippen molar-refractivity contribution in [2.45, 2.75) is 6.61 Å². The second kappa shape index (κ2) is 3.96. The van der Waals surface area contributed by atoms with Gasteiger partial charge in [-0.3, -0.25) is 0 Å². The summed E-state index contributed by atoms with van der Waals surface area (Å²) < 4.78 is 4.92. The van der Waals surface area contributed by atoms with Crippen LogP contribution in [-0.4, -0.2) is 7.11 Å². The zero-order valence-electron chi connectivity index (χ0n) is 6.10. The van der Waals surface area contributed by atoms with E-state index in [-0.39, 0.29) is 0 Å². The molecule has 1 nitrogen and oxygen atoms in total. The van der Waals surface area contributed by atoms with Gasteiger partial charge >= 0.3 is 0 Å². The monoisotopic (exact) mass is 190 g/mol. The highest BCUT2D eigenvalue weighted by Gasteiger charge is 1.97. The third-order valence-electron chi connectivity index (χ3n) is 1.30. The van der Waals surface area contributed by atoms with E-state index in [4.69, 9.17) is 27.9 Å². The second-order valence-electron chi connectivity index (χ2n) is 2.18. The minimum Gasteiger partial charge on any atom is -0.380 e. The van der Waals surface area contributed by atoms with E-state index in [1.807, 2.05) is 6.07 Å². The highest BCUT2D eigenvalue weighted by Crippen LogP contribution is 2.22. The van der Waals surface area contributed by atoms with Crippen molar-refractivity contribution in [1.82, 2.24) is 0 Å². The quantitative estimate of drug-likeness (QED) is 0.697. The summed E-state index contributed by atoms with van der Waals surface area (Å²) in [5.74, 6) is 0. The van der Waals surface area contributed by atoms with Crippen LogP contribution in [-0.2, 0) is 11.3 Å². The number of halogens is 2. The van der Waals surface area contributed by atoms with Crippen molar-refractivity contribution in [2.75, 3.05) is 7.11 Å². The van der Waals surface area contributed by atoms with Gasteiger partial charge in [0.15, 0.2) is 0 Å². The first-order valence-electron chi connectivity index (χ1n) is 3.17. The molecule has 1 aromatic rings. The summed E-state index contributed by atoms with van der Waals surface area (Å²) in [5, 5.41) is 1.15. The Labute approximate surface area is 75.9 Å². The van der Waals surface area contributed by atoms with Crippen LogP contribution >= 0.6 is 23.2 Å². The number of ether oxygens (including phenoxy) is 1. The molecule has 0 N–H and O–H groups in total. The molecule has 0 saturated heterocycles. The van der Waals surface area contributed by atoms with E-state index >= 15 is 0 Å². The van der Waals surface area contributed by atoms with Gasteiger partial charge in [-0.2, -0.15) is 0 Å². The molecular weight excluding hydrogens is 183 g/mol. The molecule has 0 radical (unpaired) electrons. The number of rotatable bonds is 2. The summed E-state index contributed by atoms with van der Waals surface area (Å²) in [4.78, 5) is 0. The van der Waals surface area contributed by atoms with Crippen LogP contribution in [0.1, 0.15) is 5.56 Å². The van der Waals surface area contributed by atoms with Crippen LogP contribution in [0.3, 0.4) is 0 Å². The minimum absolute atomic E-state index is 0.566. The summed E-state index contributed by atoms with van der Waals surface area (Å²) in [7, 11) is 1.64. The highest BCUT2D eigenvalue weighted by molar-refractivity contribution is 6.41. The second-order valence-corrected chi connectivity index (χ2v) is 3.00. The Bertz CT molecular complexity index is 248. The number of hydrogen-bond acceptors (Lipinski definition) is 1. The lowest BCUT2D eigenvalue weighted by molar-refractivity contribution is 0.185. The molecule has 0 unspecified atom stereocenters. The summed E-state index contributed by atoms with van der Waals surface area (Å²) in [5.41, 5.74) is 1.03. The molecule has 3 heteroatoms. The molecule has 60 valence electrons. The molecule has 0 atom stereocenters. The molecule has 0 aliphatic heterocycles. The van der Waals surface area contributed by atoms with Crippen LogP contribution in [0.5, 0.6) is 0 Å². The summed E-state index contributed by atoms with van der Waals surface area (Å²) in [6.45, 7) is 0.566. The van der Waals surface area contributed by atoms with Crippen LogP contribution in [0.25, 0.3) is 0 Å². The predicted octanol–water partition coefficient (Wildman–Crippen LogP) is 3.14. The van der Waals surface area contributed by atoms with Gasteiger partial charge in [-0.15, -0.1) is 0 Å². The standard InChI is InChI=1S/C8H8Cl2O/c1-11-5-6-2-3-7(9)8(10)4-6/h2-4H,5H2,1H3. The van der Waals surface area contributed by atoms with E-state index in [1.54, 1.807) is 19.2 Å².